The fraction of sp³-hybridized carbons (Fsp3) is 0.867. The molecule has 122 valence electrons. The number of aliphatic hydroxyl groups excluding tert-OH is 1. The summed E-state index contributed by atoms with van der Waals surface area (Å²) in [5.41, 5.74) is 0. The molecule has 0 radical (unpaired) electrons. The average molecular weight is 300 g/mol. The molecule has 2 unspecified atom stereocenters. The molecule has 1 aliphatic rings. The molecular formula is C15H28N2O4. The molecule has 2 atom stereocenters. The van der Waals surface area contributed by atoms with Crippen molar-refractivity contribution in [3.05, 3.63) is 0 Å². The van der Waals surface area contributed by atoms with Gasteiger partial charge in [-0.1, -0.05) is 32.6 Å². The van der Waals surface area contributed by atoms with Gasteiger partial charge in [0.25, 0.3) is 0 Å². The van der Waals surface area contributed by atoms with Gasteiger partial charge in [-0.2, -0.15) is 0 Å². The highest BCUT2D eigenvalue weighted by atomic mass is 16.4. The number of nitrogens with zero attached hydrogens (tertiary/aromatic N) is 1. The second-order valence-electron chi connectivity index (χ2n) is 5.70. The van der Waals surface area contributed by atoms with Crippen molar-refractivity contribution >= 4 is 12.0 Å². The first-order valence-corrected chi connectivity index (χ1v) is 7.99. The van der Waals surface area contributed by atoms with Gasteiger partial charge in [0.1, 0.15) is 0 Å². The van der Waals surface area contributed by atoms with E-state index in [2.05, 4.69) is 5.32 Å². The van der Waals surface area contributed by atoms with E-state index in [0.29, 0.717) is 19.4 Å². The number of carboxylic acids is 1. The van der Waals surface area contributed by atoms with Gasteiger partial charge in [-0.25, -0.2) is 4.79 Å². The molecule has 0 spiro atoms. The summed E-state index contributed by atoms with van der Waals surface area (Å²) in [6.45, 7) is 2.84. The van der Waals surface area contributed by atoms with E-state index in [1.807, 2.05) is 6.92 Å². The number of hydrogen-bond donors (Lipinski definition) is 3. The smallest absolute Gasteiger partial charge is 0.317 e. The van der Waals surface area contributed by atoms with Gasteiger partial charge < -0.3 is 20.4 Å². The van der Waals surface area contributed by atoms with Crippen molar-refractivity contribution in [2.24, 2.45) is 5.92 Å². The zero-order valence-electron chi connectivity index (χ0n) is 12.9. The Hall–Kier alpha value is -1.30. The molecule has 1 fully saturated rings. The lowest BCUT2D eigenvalue weighted by Gasteiger charge is -2.28. The van der Waals surface area contributed by atoms with E-state index in [-0.39, 0.29) is 25.2 Å². The average Bonchev–Trinajstić information content (AvgIpc) is 2.68. The number of unbranched alkanes of at least 4 members (excludes halogenated alkanes) is 1. The van der Waals surface area contributed by atoms with Gasteiger partial charge >= 0.3 is 12.0 Å². The summed E-state index contributed by atoms with van der Waals surface area (Å²) in [5.74, 6) is -1.33. The first-order valence-electron chi connectivity index (χ1n) is 7.99. The SMILES string of the molecule is CCCCN(CCO)C(=O)NC1CCCCCC1C(=O)O. The third-order valence-electron chi connectivity index (χ3n) is 4.08. The van der Waals surface area contributed by atoms with Crippen LogP contribution >= 0.6 is 0 Å². The summed E-state index contributed by atoms with van der Waals surface area (Å²) in [4.78, 5) is 25.2. The maximum atomic E-state index is 12.3. The number of nitrogens with one attached hydrogen (secondary N) is 1. The number of amides is 2. The lowest BCUT2D eigenvalue weighted by molar-refractivity contribution is -0.142. The summed E-state index contributed by atoms with van der Waals surface area (Å²) < 4.78 is 0. The molecule has 2 amide bonds. The molecule has 1 rings (SSSR count). The number of carbonyl (C=O) groups excluding carboxylic acids is 1. The topological polar surface area (TPSA) is 89.9 Å². The van der Waals surface area contributed by atoms with Crippen LogP contribution in [-0.2, 0) is 4.79 Å². The molecular weight excluding hydrogens is 272 g/mol. The number of carbonyl (C=O) groups is 2. The van der Waals surface area contributed by atoms with E-state index in [1.165, 1.54) is 0 Å². The molecule has 6 nitrogen and oxygen atoms in total. The highest BCUT2D eigenvalue weighted by Gasteiger charge is 2.31. The maximum absolute atomic E-state index is 12.3. The molecule has 0 heterocycles. The van der Waals surface area contributed by atoms with Gasteiger partial charge in [0.15, 0.2) is 0 Å². The molecule has 21 heavy (non-hydrogen) atoms. The van der Waals surface area contributed by atoms with E-state index < -0.39 is 11.9 Å². The first kappa shape index (κ1) is 17.8. The maximum Gasteiger partial charge on any atom is 0.317 e. The molecule has 0 aromatic carbocycles. The van der Waals surface area contributed by atoms with Crippen LogP contribution in [0, 0.1) is 5.92 Å². The van der Waals surface area contributed by atoms with Crippen LogP contribution in [0.2, 0.25) is 0 Å². The van der Waals surface area contributed by atoms with Crippen LogP contribution in [0.25, 0.3) is 0 Å². The fourth-order valence-electron chi connectivity index (χ4n) is 2.81. The number of carboxylic acid groups (broad SMARTS) is 1. The van der Waals surface area contributed by atoms with Gasteiger partial charge in [0.2, 0.25) is 0 Å². The predicted octanol–water partition coefficient (Wildman–Crippen LogP) is 1.82. The molecule has 0 aliphatic heterocycles. The second kappa shape index (κ2) is 9.60. The quantitative estimate of drug-likeness (QED) is 0.626. The second-order valence-corrected chi connectivity index (χ2v) is 5.70. The lowest BCUT2D eigenvalue weighted by atomic mass is 9.95. The third kappa shape index (κ3) is 5.91. The summed E-state index contributed by atoms with van der Waals surface area (Å²) in [7, 11) is 0. The van der Waals surface area contributed by atoms with Crippen LogP contribution in [0.5, 0.6) is 0 Å². The highest BCUT2D eigenvalue weighted by molar-refractivity contribution is 5.77. The highest BCUT2D eigenvalue weighted by Crippen LogP contribution is 2.24. The van der Waals surface area contributed by atoms with Crippen molar-refractivity contribution < 1.29 is 19.8 Å². The summed E-state index contributed by atoms with van der Waals surface area (Å²) >= 11 is 0. The van der Waals surface area contributed by atoms with Crippen molar-refractivity contribution in [3.63, 3.8) is 0 Å². The van der Waals surface area contributed by atoms with Crippen LogP contribution in [0.15, 0.2) is 0 Å². The van der Waals surface area contributed by atoms with Crippen LogP contribution < -0.4 is 5.32 Å². The van der Waals surface area contributed by atoms with Gasteiger partial charge in [-0.15, -0.1) is 0 Å². The van der Waals surface area contributed by atoms with E-state index in [9.17, 15) is 14.7 Å². The Morgan fingerprint density at radius 2 is 1.90 bits per heavy atom. The van der Waals surface area contributed by atoms with E-state index in [0.717, 1.165) is 32.1 Å². The zero-order chi connectivity index (χ0) is 15.7. The summed E-state index contributed by atoms with van der Waals surface area (Å²) in [6, 6.07) is -0.559. The lowest BCUT2D eigenvalue weighted by Crippen LogP contribution is -2.49. The first-order chi connectivity index (χ1) is 10.1. The molecule has 0 aromatic rings. The van der Waals surface area contributed by atoms with Crippen LogP contribution in [-0.4, -0.2) is 52.9 Å². The predicted molar refractivity (Wildman–Crippen MR) is 80.1 cm³/mol. The number of aliphatic carboxylic acids is 1. The van der Waals surface area contributed by atoms with E-state index in [4.69, 9.17) is 5.11 Å². The van der Waals surface area contributed by atoms with E-state index in [1.54, 1.807) is 4.90 Å². The molecule has 3 N–H and O–H groups in total. The zero-order valence-corrected chi connectivity index (χ0v) is 12.9. The summed E-state index contributed by atoms with van der Waals surface area (Å²) in [6.07, 6.45) is 6.05. The van der Waals surface area contributed by atoms with Crippen molar-refractivity contribution in [3.8, 4) is 0 Å². The van der Waals surface area contributed by atoms with Gasteiger partial charge in [-0.05, 0) is 19.3 Å². The molecule has 0 aromatic heterocycles. The Morgan fingerprint density at radius 1 is 1.19 bits per heavy atom. The number of rotatable bonds is 7. The normalized spacial score (nSPS) is 22.4. The minimum atomic E-state index is -0.829. The van der Waals surface area contributed by atoms with Crippen LogP contribution in [0.1, 0.15) is 51.9 Å². The van der Waals surface area contributed by atoms with Gasteiger partial charge in [-0.3, -0.25) is 4.79 Å². The third-order valence-corrected chi connectivity index (χ3v) is 4.08. The molecule has 1 saturated carbocycles. The number of aliphatic hydroxyl groups is 1. The monoisotopic (exact) mass is 300 g/mol. The Kier molecular flexibility index (Phi) is 8.12. The van der Waals surface area contributed by atoms with E-state index >= 15 is 0 Å². The molecule has 0 saturated heterocycles. The van der Waals surface area contributed by atoms with Crippen molar-refractivity contribution in [2.75, 3.05) is 19.7 Å². The van der Waals surface area contributed by atoms with Gasteiger partial charge in [0.05, 0.1) is 12.5 Å². The minimum Gasteiger partial charge on any atom is -0.481 e. The number of urea groups is 1. The largest absolute Gasteiger partial charge is 0.481 e. The minimum absolute atomic E-state index is 0.0792. The molecule has 0 bridgehead atoms. The van der Waals surface area contributed by atoms with Crippen molar-refractivity contribution in [2.45, 2.75) is 57.9 Å². The Bertz CT molecular complexity index is 336. The summed E-state index contributed by atoms with van der Waals surface area (Å²) in [5, 5.41) is 21.3. The molecule has 6 heteroatoms. The fourth-order valence-corrected chi connectivity index (χ4v) is 2.81. The Labute approximate surface area is 126 Å². The molecule has 1 aliphatic carbocycles. The van der Waals surface area contributed by atoms with Crippen molar-refractivity contribution in [1.29, 1.82) is 0 Å². The van der Waals surface area contributed by atoms with Crippen molar-refractivity contribution in [1.82, 2.24) is 10.2 Å². The van der Waals surface area contributed by atoms with Gasteiger partial charge in [0, 0.05) is 19.1 Å². The number of hydrogen-bond acceptors (Lipinski definition) is 3. The Balaban J connectivity index is 2.64. The van der Waals surface area contributed by atoms with Crippen LogP contribution in [0.3, 0.4) is 0 Å². The standard InChI is InChI=1S/C15H28N2O4/c1-2-3-9-17(10-11-18)15(21)16-13-8-6-4-5-7-12(13)14(19)20/h12-13,18H,2-11H2,1H3,(H,16,21)(H,19,20). The van der Waals surface area contributed by atoms with Crippen LogP contribution in [0.4, 0.5) is 4.79 Å². The Morgan fingerprint density at radius 3 is 2.52 bits per heavy atom.